The lowest BCUT2D eigenvalue weighted by molar-refractivity contribution is -0.384. The summed E-state index contributed by atoms with van der Waals surface area (Å²) in [6.07, 6.45) is -0.971. The third-order valence-corrected chi connectivity index (χ3v) is 2.86. The van der Waals surface area contributed by atoms with Gasteiger partial charge in [-0.05, 0) is 18.9 Å². The van der Waals surface area contributed by atoms with E-state index < -0.39 is 17.6 Å². The van der Waals surface area contributed by atoms with Gasteiger partial charge in [0.25, 0.3) is 0 Å². The smallest absolute Gasteiger partial charge is 0.253 e. The maximum absolute atomic E-state index is 13.3. The average molecular weight is 273 g/mol. The Labute approximate surface area is 102 Å². The van der Waals surface area contributed by atoms with E-state index in [0.29, 0.717) is 23.4 Å². The molecule has 1 aliphatic rings. The van der Waals surface area contributed by atoms with Crippen molar-refractivity contribution in [2.75, 3.05) is 0 Å². The summed E-state index contributed by atoms with van der Waals surface area (Å²) in [5.41, 5.74) is 0.394. The molecule has 0 N–H and O–H groups in total. The molecule has 0 amide bonds. The fourth-order valence-electron chi connectivity index (χ4n) is 1.58. The maximum atomic E-state index is 13.3. The molecule has 1 aliphatic heterocycles. The maximum Gasteiger partial charge on any atom is 0.506 e. The number of hydrogen-bond donors (Lipinski definition) is 0. The number of rotatable bonds is 3. The molecule has 1 rings (SSSR count). The second-order valence-corrected chi connectivity index (χ2v) is 4.12. The van der Waals surface area contributed by atoms with Crippen molar-refractivity contribution in [2.45, 2.75) is 39.0 Å². The van der Waals surface area contributed by atoms with Crippen LogP contribution in [0.4, 0.5) is 17.7 Å². The van der Waals surface area contributed by atoms with Crippen molar-refractivity contribution in [3.05, 3.63) is 22.9 Å². The zero-order chi connectivity index (χ0) is 13.2. The van der Waals surface area contributed by atoms with Crippen LogP contribution in [-0.2, 0) is 0 Å². The van der Waals surface area contributed by atoms with E-state index in [1.165, 1.54) is 13.0 Å². The van der Waals surface area contributed by atoms with Gasteiger partial charge in [0.2, 0.25) is 0 Å². The molecule has 0 aromatic carbocycles. The fraction of sp³-hybridized carbons (Fsp3) is 0.600. The molecule has 0 fully saturated rings. The van der Waals surface area contributed by atoms with Crippen molar-refractivity contribution in [1.82, 2.24) is 10.2 Å². The molecule has 0 aromatic heterocycles. The van der Waals surface area contributed by atoms with E-state index in [-0.39, 0.29) is 5.16 Å². The molecule has 7 heteroatoms. The molecule has 0 saturated heterocycles. The lowest BCUT2D eigenvalue weighted by Gasteiger charge is -2.37. The van der Waals surface area contributed by atoms with E-state index in [2.05, 4.69) is 0 Å². The first-order valence-corrected chi connectivity index (χ1v) is 5.53. The SMILES string of the molecule is CCCC1C=CC(C)=C(Cl)N1N(F)C(F)(F)F. The van der Waals surface area contributed by atoms with Crippen molar-refractivity contribution in [2.24, 2.45) is 0 Å². The number of hydrogen-bond acceptors (Lipinski definition) is 2. The molecule has 98 valence electrons. The highest BCUT2D eigenvalue weighted by Gasteiger charge is 2.46. The van der Waals surface area contributed by atoms with Gasteiger partial charge in [0.15, 0.2) is 0 Å². The van der Waals surface area contributed by atoms with E-state index >= 15 is 0 Å². The van der Waals surface area contributed by atoms with Crippen LogP contribution in [-0.4, -0.2) is 22.6 Å². The standard InChI is InChI=1S/C10H13ClF4N2/c1-3-4-8-6-5-7(2)9(11)16(8)17(15)10(12,13)14/h5-6,8H,3-4H2,1-2H3. The van der Waals surface area contributed by atoms with Gasteiger partial charge in [0.05, 0.1) is 6.04 Å². The van der Waals surface area contributed by atoms with E-state index in [0.717, 1.165) is 0 Å². The van der Waals surface area contributed by atoms with Crippen molar-refractivity contribution < 1.29 is 17.7 Å². The van der Waals surface area contributed by atoms with E-state index in [1.54, 1.807) is 13.0 Å². The number of hydrazine groups is 1. The van der Waals surface area contributed by atoms with Crippen LogP contribution in [0.3, 0.4) is 0 Å². The number of alkyl halides is 3. The molecule has 0 aromatic rings. The second-order valence-electron chi connectivity index (χ2n) is 3.76. The monoisotopic (exact) mass is 272 g/mol. The second kappa shape index (κ2) is 5.27. The number of halogens is 5. The third-order valence-electron chi connectivity index (χ3n) is 2.39. The first-order chi connectivity index (χ1) is 7.79. The highest BCUT2D eigenvalue weighted by molar-refractivity contribution is 6.29. The molecule has 0 spiro atoms. The van der Waals surface area contributed by atoms with Crippen LogP contribution in [0.15, 0.2) is 22.9 Å². The minimum absolute atomic E-state index is 0.245. The summed E-state index contributed by atoms with van der Waals surface area (Å²) < 4.78 is 50.3. The van der Waals surface area contributed by atoms with Crippen molar-refractivity contribution >= 4 is 11.6 Å². The average Bonchev–Trinajstić information content (AvgIpc) is 2.22. The fourth-order valence-corrected chi connectivity index (χ4v) is 1.83. The molecular weight excluding hydrogens is 260 g/mol. The third kappa shape index (κ3) is 3.13. The van der Waals surface area contributed by atoms with Gasteiger partial charge in [-0.1, -0.05) is 37.1 Å². The largest absolute Gasteiger partial charge is 0.506 e. The minimum atomic E-state index is -5.10. The first kappa shape index (κ1) is 14.3. The van der Waals surface area contributed by atoms with E-state index in [9.17, 15) is 17.7 Å². The molecule has 2 nitrogen and oxygen atoms in total. The van der Waals surface area contributed by atoms with E-state index in [4.69, 9.17) is 11.6 Å². The Kier molecular flexibility index (Phi) is 4.43. The normalized spacial score (nSPS) is 21.6. The summed E-state index contributed by atoms with van der Waals surface area (Å²) in [5.74, 6) is 0. The molecule has 1 heterocycles. The van der Waals surface area contributed by atoms with Gasteiger partial charge in [-0.15, -0.1) is 4.48 Å². The molecule has 0 radical (unpaired) electrons. The van der Waals surface area contributed by atoms with Crippen LogP contribution in [0, 0.1) is 0 Å². The summed E-state index contributed by atoms with van der Waals surface area (Å²) in [7, 11) is 0. The van der Waals surface area contributed by atoms with Crippen molar-refractivity contribution in [1.29, 1.82) is 0 Å². The summed E-state index contributed by atoms with van der Waals surface area (Å²) in [4.78, 5) is 0. The number of nitrogens with zero attached hydrogens (tertiary/aromatic N) is 2. The summed E-state index contributed by atoms with van der Waals surface area (Å²) in [6, 6.07) is -0.720. The van der Waals surface area contributed by atoms with Gasteiger partial charge >= 0.3 is 6.30 Å². The van der Waals surface area contributed by atoms with Crippen LogP contribution >= 0.6 is 11.6 Å². The topological polar surface area (TPSA) is 6.48 Å². The summed E-state index contributed by atoms with van der Waals surface area (Å²) >= 11 is 5.74. The van der Waals surface area contributed by atoms with Gasteiger partial charge in [-0.3, -0.25) is 5.01 Å². The Balaban J connectivity index is 3.02. The lowest BCUT2D eigenvalue weighted by atomic mass is 10.1. The van der Waals surface area contributed by atoms with Gasteiger partial charge in [-0.2, -0.15) is 13.2 Å². The summed E-state index contributed by atoms with van der Waals surface area (Å²) in [6.45, 7) is 3.33. The lowest BCUT2D eigenvalue weighted by Crippen LogP contribution is -2.49. The Morgan fingerprint density at radius 2 is 2.06 bits per heavy atom. The zero-order valence-electron chi connectivity index (χ0n) is 9.43. The Bertz CT molecular complexity index is 338. The van der Waals surface area contributed by atoms with Gasteiger partial charge in [-0.25, -0.2) is 0 Å². The highest BCUT2D eigenvalue weighted by atomic mass is 35.5. The molecule has 0 bridgehead atoms. The van der Waals surface area contributed by atoms with Crippen LogP contribution in [0.5, 0.6) is 0 Å². The van der Waals surface area contributed by atoms with Crippen LogP contribution in [0.1, 0.15) is 26.7 Å². The predicted molar refractivity (Wildman–Crippen MR) is 57.2 cm³/mol. The molecule has 0 aliphatic carbocycles. The molecule has 1 unspecified atom stereocenters. The minimum Gasteiger partial charge on any atom is -0.253 e. The van der Waals surface area contributed by atoms with E-state index in [1.807, 2.05) is 0 Å². The highest BCUT2D eigenvalue weighted by Crippen LogP contribution is 2.34. The van der Waals surface area contributed by atoms with Crippen molar-refractivity contribution in [3.63, 3.8) is 0 Å². The molecule has 1 atom stereocenters. The van der Waals surface area contributed by atoms with Gasteiger partial charge in [0.1, 0.15) is 5.16 Å². The Morgan fingerprint density at radius 1 is 1.47 bits per heavy atom. The molecular formula is C10H13ClF4N2. The number of allylic oxidation sites excluding steroid dienone is 2. The zero-order valence-corrected chi connectivity index (χ0v) is 10.2. The van der Waals surface area contributed by atoms with Crippen LogP contribution in [0.25, 0.3) is 0 Å². The summed E-state index contributed by atoms with van der Waals surface area (Å²) in [5, 5.41) is -1.07. The Hall–Kier alpha value is -0.750. The van der Waals surface area contributed by atoms with Crippen molar-refractivity contribution in [3.8, 4) is 0 Å². The van der Waals surface area contributed by atoms with Gasteiger partial charge in [0, 0.05) is 5.23 Å². The first-order valence-electron chi connectivity index (χ1n) is 5.15. The molecule has 17 heavy (non-hydrogen) atoms. The predicted octanol–water partition coefficient (Wildman–Crippen LogP) is 4.12. The molecule has 0 saturated carbocycles. The Morgan fingerprint density at radius 3 is 2.53 bits per heavy atom. The van der Waals surface area contributed by atoms with Crippen LogP contribution in [0.2, 0.25) is 0 Å². The van der Waals surface area contributed by atoms with Gasteiger partial charge < -0.3 is 0 Å². The quantitative estimate of drug-likeness (QED) is 0.433. The van der Waals surface area contributed by atoms with Crippen LogP contribution < -0.4 is 0 Å².